The standard InChI is InChI=1S/C14H18N4/c1-11-9-13(17-14(15-2)16-11)18(3)10-12-7-5-4-6-8-12/h4-9H,10H2,1-3H3,(H,15,16,17). The van der Waals surface area contributed by atoms with Gasteiger partial charge >= 0.3 is 0 Å². The molecule has 2 aromatic rings. The number of aryl methyl sites for hydroxylation is 1. The van der Waals surface area contributed by atoms with E-state index < -0.39 is 0 Å². The second kappa shape index (κ2) is 5.49. The molecule has 4 nitrogen and oxygen atoms in total. The summed E-state index contributed by atoms with van der Waals surface area (Å²) in [6.45, 7) is 2.81. The number of nitrogens with one attached hydrogen (secondary N) is 1. The summed E-state index contributed by atoms with van der Waals surface area (Å²) in [7, 11) is 3.87. The number of hydrogen-bond donors (Lipinski definition) is 1. The number of anilines is 2. The molecule has 94 valence electrons. The van der Waals surface area contributed by atoms with E-state index in [-0.39, 0.29) is 0 Å². The minimum Gasteiger partial charge on any atom is -0.357 e. The Morgan fingerprint density at radius 1 is 1.17 bits per heavy atom. The normalized spacial score (nSPS) is 10.2. The van der Waals surface area contributed by atoms with Gasteiger partial charge in [0.2, 0.25) is 5.95 Å². The first-order valence-electron chi connectivity index (χ1n) is 5.97. The predicted octanol–water partition coefficient (Wildman–Crippen LogP) is 2.46. The second-order valence-corrected chi connectivity index (χ2v) is 4.28. The minimum atomic E-state index is 0.657. The molecule has 2 rings (SSSR count). The quantitative estimate of drug-likeness (QED) is 0.894. The summed E-state index contributed by atoms with van der Waals surface area (Å²) in [4.78, 5) is 10.9. The zero-order valence-electron chi connectivity index (χ0n) is 11.0. The Kier molecular flexibility index (Phi) is 3.77. The smallest absolute Gasteiger partial charge is 0.224 e. The molecular formula is C14H18N4. The molecule has 0 aliphatic carbocycles. The molecule has 0 fully saturated rings. The lowest BCUT2D eigenvalue weighted by atomic mass is 10.2. The van der Waals surface area contributed by atoms with Gasteiger partial charge in [0.15, 0.2) is 0 Å². The van der Waals surface area contributed by atoms with Crippen LogP contribution in [0.1, 0.15) is 11.3 Å². The fourth-order valence-electron chi connectivity index (χ4n) is 1.80. The van der Waals surface area contributed by atoms with Crippen LogP contribution in [-0.2, 0) is 6.54 Å². The van der Waals surface area contributed by atoms with Gasteiger partial charge in [-0.15, -0.1) is 0 Å². The maximum Gasteiger partial charge on any atom is 0.224 e. The van der Waals surface area contributed by atoms with Gasteiger partial charge in [0.25, 0.3) is 0 Å². The highest BCUT2D eigenvalue weighted by molar-refractivity contribution is 5.44. The zero-order valence-corrected chi connectivity index (χ0v) is 11.0. The summed E-state index contributed by atoms with van der Waals surface area (Å²) in [5, 5.41) is 2.98. The molecule has 0 spiro atoms. The van der Waals surface area contributed by atoms with E-state index in [4.69, 9.17) is 0 Å². The van der Waals surface area contributed by atoms with Crippen molar-refractivity contribution in [1.82, 2.24) is 9.97 Å². The van der Waals surface area contributed by atoms with Crippen molar-refractivity contribution in [2.45, 2.75) is 13.5 Å². The molecule has 1 heterocycles. The molecule has 0 atom stereocenters. The van der Waals surface area contributed by atoms with Gasteiger partial charge in [-0.05, 0) is 12.5 Å². The van der Waals surface area contributed by atoms with E-state index in [0.29, 0.717) is 5.95 Å². The molecule has 0 saturated heterocycles. The van der Waals surface area contributed by atoms with Crippen LogP contribution < -0.4 is 10.2 Å². The van der Waals surface area contributed by atoms with E-state index in [0.717, 1.165) is 18.1 Å². The van der Waals surface area contributed by atoms with Crippen molar-refractivity contribution < 1.29 is 0 Å². The Morgan fingerprint density at radius 3 is 2.56 bits per heavy atom. The third kappa shape index (κ3) is 2.97. The fourth-order valence-corrected chi connectivity index (χ4v) is 1.80. The van der Waals surface area contributed by atoms with E-state index in [2.05, 4.69) is 32.3 Å². The highest BCUT2D eigenvalue weighted by atomic mass is 15.2. The van der Waals surface area contributed by atoms with Gasteiger partial charge in [0.05, 0.1) is 0 Å². The van der Waals surface area contributed by atoms with Gasteiger partial charge in [-0.1, -0.05) is 30.3 Å². The highest BCUT2D eigenvalue weighted by Gasteiger charge is 2.06. The van der Waals surface area contributed by atoms with Gasteiger partial charge in [-0.25, -0.2) is 4.98 Å². The first kappa shape index (κ1) is 12.4. The van der Waals surface area contributed by atoms with Crippen molar-refractivity contribution in [3.8, 4) is 0 Å². The minimum absolute atomic E-state index is 0.657. The first-order valence-corrected chi connectivity index (χ1v) is 5.97. The molecule has 4 heteroatoms. The summed E-state index contributed by atoms with van der Waals surface area (Å²) in [5.41, 5.74) is 2.23. The molecule has 0 bridgehead atoms. The third-order valence-electron chi connectivity index (χ3n) is 2.72. The van der Waals surface area contributed by atoms with Crippen LogP contribution in [0.2, 0.25) is 0 Å². The summed E-state index contributed by atoms with van der Waals surface area (Å²) in [6, 6.07) is 12.3. The molecule has 0 radical (unpaired) electrons. The van der Waals surface area contributed by atoms with Crippen LogP contribution in [0.4, 0.5) is 11.8 Å². The maximum atomic E-state index is 4.45. The van der Waals surface area contributed by atoms with Crippen LogP contribution in [0.15, 0.2) is 36.4 Å². The summed E-state index contributed by atoms with van der Waals surface area (Å²) in [5.74, 6) is 1.58. The first-order chi connectivity index (χ1) is 8.69. The van der Waals surface area contributed by atoms with Crippen LogP contribution >= 0.6 is 0 Å². The highest BCUT2D eigenvalue weighted by Crippen LogP contribution is 2.15. The third-order valence-corrected chi connectivity index (χ3v) is 2.72. The Hall–Kier alpha value is -2.10. The number of hydrogen-bond acceptors (Lipinski definition) is 4. The fraction of sp³-hybridized carbons (Fsp3) is 0.286. The van der Waals surface area contributed by atoms with Gasteiger partial charge < -0.3 is 10.2 Å². The van der Waals surface area contributed by atoms with Crippen molar-refractivity contribution in [3.05, 3.63) is 47.7 Å². The van der Waals surface area contributed by atoms with Crippen LogP contribution in [-0.4, -0.2) is 24.1 Å². The molecule has 1 N–H and O–H groups in total. The molecule has 0 aliphatic rings. The SMILES string of the molecule is CNc1nc(C)cc(N(C)Cc2ccccc2)n1. The molecule has 0 aliphatic heterocycles. The van der Waals surface area contributed by atoms with Gasteiger partial charge in [-0.3, -0.25) is 0 Å². The monoisotopic (exact) mass is 242 g/mol. The van der Waals surface area contributed by atoms with E-state index in [1.165, 1.54) is 5.56 Å². The van der Waals surface area contributed by atoms with Gasteiger partial charge in [-0.2, -0.15) is 4.98 Å². The van der Waals surface area contributed by atoms with E-state index in [1.54, 1.807) is 0 Å². The zero-order chi connectivity index (χ0) is 13.0. The number of benzene rings is 1. The molecule has 0 unspecified atom stereocenters. The van der Waals surface area contributed by atoms with E-state index in [9.17, 15) is 0 Å². The van der Waals surface area contributed by atoms with E-state index in [1.807, 2.05) is 45.3 Å². The van der Waals surface area contributed by atoms with Crippen LogP contribution in [0, 0.1) is 6.92 Å². The summed E-state index contributed by atoms with van der Waals surface area (Å²) < 4.78 is 0. The Morgan fingerprint density at radius 2 is 1.89 bits per heavy atom. The Bertz CT molecular complexity index is 510. The van der Waals surface area contributed by atoms with Crippen molar-refractivity contribution in [2.24, 2.45) is 0 Å². The van der Waals surface area contributed by atoms with Crippen molar-refractivity contribution >= 4 is 11.8 Å². The largest absolute Gasteiger partial charge is 0.357 e. The van der Waals surface area contributed by atoms with Gasteiger partial charge in [0.1, 0.15) is 5.82 Å². The van der Waals surface area contributed by atoms with Crippen molar-refractivity contribution in [1.29, 1.82) is 0 Å². The van der Waals surface area contributed by atoms with Crippen LogP contribution in [0.25, 0.3) is 0 Å². The van der Waals surface area contributed by atoms with Crippen LogP contribution in [0.5, 0.6) is 0 Å². The molecule has 0 saturated carbocycles. The number of aromatic nitrogens is 2. The number of nitrogens with zero attached hydrogens (tertiary/aromatic N) is 3. The maximum absolute atomic E-state index is 4.45. The Balaban J connectivity index is 2.18. The van der Waals surface area contributed by atoms with Crippen molar-refractivity contribution in [3.63, 3.8) is 0 Å². The van der Waals surface area contributed by atoms with Crippen LogP contribution in [0.3, 0.4) is 0 Å². The van der Waals surface area contributed by atoms with Gasteiger partial charge in [0, 0.05) is 32.4 Å². The topological polar surface area (TPSA) is 41.1 Å². The lowest BCUT2D eigenvalue weighted by Gasteiger charge is -2.19. The average molecular weight is 242 g/mol. The van der Waals surface area contributed by atoms with E-state index >= 15 is 0 Å². The summed E-state index contributed by atoms with van der Waals surface area (Å²) in [6.07, 6.45) is 0. The van der Waals surface area contributed by atoms with Crippen molar-refractivity contribution in [2.75, 3.05) is 24.3 Å². The molecule has 1 aromatic heterocycles. The molecule has 18 heavy (non-hydrogen) atoms. The summed E-state index contributed by atoms with van der Waals surface area (Å²) >= 11 is 0. The lowest BCUT2D eigenvalue weighted by Crippen LogP contribution is -2.18. The molecule has 0 amide bonds. The number of rotatable bonds is 4. The second-order valence-electron chi connectivity index (χ2n) is 4.28. The predicted molar refractivity (Wildman–Crippen MR) is 74.9 cm³/mol. The molecular weight excluding hydrogens is 224 g/mol. The Labute approximate surface area is 108 Å². The molecule has 1 aromatic carbocycles. The average Bonchev–Trinajstić information content (AvgIpc) is 2.39. The lowest BCUT2D eigenvalue weighted by molar-refractivity contribution is 0.888.